The summed E-state index contributed by atoms with van der Waals surface area (Å²) in [7, 11) is 0. The fourth-order valence-electron chi connectivity index (χ4n) is 3.94. The van der Waals surface area contributed by atoms with Crippen LogP contribution in [0.5, 0.6) is 0 Å². The van der Waals surface area contributed by atoms with Crippen LogP contribution in [0, 0.1) is 6.92 Å². The van der Waals surface area contributed by atoms with E-state index in [4.69, 9.17) is 31.4 Å². The smallest absolute Gasteiger partial charge is 0.475 e. The predicted octanol–water partition coefficient (Wildman–Crippen LogP) is 5.54. The minimum Gasteiger partial charge on any atom is -0.475 e. The molecule has 46 heavy (non-hydrogen) atoms. The predicted molar refractivity (Wildman–Crippen MR) is 155 cm³/mol. The topological polar surface area (TPSA) is 140 Å². The summed E-state index contributed by atoms with van der Waals surface area (Å²) in [6.07, 6.45) is -4.73. The molecule has 4 aromatic rings. The number of rotatable bonds is 4. The normalized spacial score (nSPS) is 13.2. The number of fused-ring (bicyclic) bond motifs is 1. The molecule has 1 amide bonds. The van der Waals surface area contributed by atoms with E-state index in [-0.39, 0.29) is 5.91 Å². The molecule has 0 radical (unpaired) electrons. The Morgan fingerprint density at radius 1 is 0.826 bits per heavy atom. The molecule has 1 aromatic carbocycles. The van der Waals surface area contributed by atoms with Gasteiger partial charge in [0.1, 0.15) is 5.82 Å². The Bertz CT molecular complexity index is 1650. The summed E-state index contributed by atoms with van der Waals surface area (Å²) in [5.74, 6) is -3.85. The molecule has 0 atom stereocenters. The number of piperazine rings is 1. The van der Waals surface area contributed by atoms with Crippen LogP contribution in [-0.2, 0) is 9.59 Å². The Morgan fingerprint density at radius 2 is 1.35 bits per heavy atom. The fraction of sp³-hybridized carbons (Fsp3) is 0.250. The van der Waals surface area contributed by atoms with Crippen molar-refractivity contribution in [1.29, 1.82) is 0 Å². The molecule has 4 heterocycles. The number of carbonyl (C=O) groups excluding carboxylic acids is 1. The van der Waals surface area contributed by atoms with Crippen molar-refractivity contribution in [3.05, 3.63) is 83.3 Å². The second-order valence-corrected chi connectivity index (χ2v) is 9.86. The maximum absolute atomic E-state index is 12.9. The number of carboxylic acids is 2. The maximum Gasteiger partial charge on any atom is 0.490 e. The summed E-state index contributed by atoms with van der Waals surface area (Å²) in [5, 5.41) is 17.8. The number of carbonyl (C=O) groups is 3. The lowest BCUT2D eigenvalue weighted by Gasteiger charge is -2.35. The molecule has 0 unspecified atom stereocenters. The highest BCUT2D eigenvalue weighted by Crippen LogP contribution is 2.24. The van der Waals surface area contributed by atoms with Gasteiger partial charge in [-0.2, -0.15) is 26.3 Å². The molecule has 1 saturated heterocycles. The molecular weight excluding hydrogens is 650 g/mol. The lowest BCUT2D eigenvalue weighted by molar-refractivity contribution is -0.193. The lowest BCUT2D eigenvalue weighted by atomic mass is 10.2. The molecule has 1 aliphatic heterocycles. The molecule has 1 aliphatic rings. The van der Waals surface area contributed by atoms with Crippen molar-refractivity contribution in [3.63, 3.8) is 0 Å². The summed E-state index contributed by atoms with van der Waals surface area (Å²) in [5.41, 5.74) is 3.28. The zero-order valence-electron chi connectivity index (χ0n) is 23.7. The molecule has 0 spiro atoms. The lowest BCUT2D eigenvalue weighted by Crippen LogP contribution is -2.47. The summed E-state index contributed by atoms with van der Waals surface area (Å²) in [4.78, 5) is 43.9. The Labute approximate surface area is 261 Å². The Hall–Kier alpha value is -5.06. The molecule has 3 aromatic heterocycles. The van der Waals surface area contributed by atoms with E-state index in [1.54, 1.807) is 18.5 Å². The number of halogens is 7. The molecule has 18 heteroatoms. The number of hydrogen-bond donors (Lipinski definition) is 3. The number of amides is 1. The van der Waals surface area contributed by atoms with E-state index in [0.29, 0.717) is 16.3 Å². The first kappa shape index (κ1) is 35.4. The zero-order chi connectivity index (χ0) is 34.2. The number of nitrogens with zero attached hydrogens (tertiary/aromatic N) is 5. The third-order valence-corrected chi connectivity index (χ3v) is 6.65. The summed E-state index contributed by atoms with van der Waals surface area (Å²) >= 11 is 6.19. The van der Waals surface area contributed by atoms with Crippen molar-refractivity contribution in [1.82, 2.24) is 14.4 Å². The molecule has 11 nitrogen and oxygen atoms in total. The fourth-order valence-corrected chi connectivity index (χ4v) is 4.12. The number of hydrogen-bond acceptors (Lipinski definition) is 7. The SMILES string of the molecule is Cc1ccc(NC(=O)c2ccc3ccc(N4CCN(c5ncccn5)CC4)n3c2)cc1Cl.O=C(O)C(F)(F)F.O=C(O)C(F)(F)F. The summed E-state index contributed by atoms with van der Waals surface area (Å²) in [6.45, 7) is 5.31. The van der Waals surface area contributed by atoms with Crippen molar-refractivity contribution in [3.8, 4) is 0 Å². The second kappa shape index (κ2) is 14.8. The number of pyridine rings is 1. The van der Waals surface area contributed by atoms with Gasteiger partial charge in [-0.1, -0.05) is 17.7 Å². The minimum absolute atomic E-state index is 0.169. The molecule has 0 aliphatic carbocycles. The average Bonchev–Trinajstić information content (AvgIpc) is 3.43. The maximum atomic E-state index is 12.9. The van der Waals surface area contributed by atoms with Gasteiger partial charge in [-0.05, 0) is 55.0 Å². The van der Waals surface area contributed by atoms with E-state index in [1.807, 2.05) is 43.5 Å². The molecule has 1 fully saturated rings. The van der Waals surface area contributed by atoms with Crippen molar-refractivity contribution in [2.24, 2.45) is 0 Å². The number of anilines is 3. The van der Waals surface area contributed by atoms with Crippen molar-refractivity contribution in [2.75, 3.05) is 41.3 Å². The quantitative estimate of drug-likeness (QED) is 0.238. The van der Waals surface area contributed by atoms with Gasteiger partial charge >= 0.3 is 24.3 Å². The summed E-state index contributed by atoms with van der Waals surface area (Å²) in [6, 6.07) is 15.3. The minimum atomic E-state index is -5.08. The van der Waals surface area contributed by atoms with Crippen molar-refractivity contribution in [2.45, 2.75) is 19.3 Å². The second-order valence-electron chi connectivity index (χ2n) is 9.45. The van der Waals surface area contributed by atoms with Crippen LogP contribution >= 0.6 is 11.6 Å². The Morgan fingerprint density at radius 3 is 1.87 bits per heavy atom. The highest BCUT2D eigenvalue weighted by Gasteiger charge is 2.38. The van der Waals surface area contributed by atoms with E-state index in [0.717, 1.165) is 49.0 Å². The monoisotopic (exact) mass is 674 g/mol. The van der Waals surface area contributed by atoms with E-state index in [2.05, 4.69) is 41.6 Å². The van der Waals surface area contributed by atoms with Crippen LogP contribution in [0.1, 0.15) is 15.9 Å². The van der Waals surface area contributed by atoms with Crippen molar-refractivity contribution < 1.29 is 50.9 Å². The first-order chi connectivity index (χ1) is 21.5. The van der Waals surface area contributed by atoms with Crippen LogP contribution in [0.3, 0.4) is 0 Å². The molecule has 0 bridgehead atoms. The van der Waals surface area contributed by atoms with Crippen LogP contribution in [-0.4, -0.2) is 81.0 Å². The Kier molecular flexibility index (Phi) is 11.4. The van der Waals surface area contributed by atoms with Crippen LogP contribution < -0.4 is 15.1 Å². The van der Waals surface area contributed by atoms with Crippen LogP contribution in [0.25, 0.3) is 5.52 Å². The van der Waals surface area contributed by atoms with E-state index < -0.39 is 24.3 Å². The first-order valence-electron chi connectivity index (χ1n) is 13.0. The van der Waals surface area contributed by atoms with Gasteiger partial charge in [0.15, 0.2) is 0 Å². The molecule has 0 saturated carbocycles. The molecule has 5 rings (SSSR count). The standard InChI is InChI=1S/C24H23ClN6O.2C2HF3O2/c1-17-3-5-19(15-21(17)25)28-23(32)18-4-6-20-7-8-22(31(20)16-18)29-11-13-30(14-12-29)24-26-9-2-10-27-24;2*3-2(4,5)1(6)7/h2-10,15-16H,11-14H2,1H3,(H,28,32);2*(H,6,7). The number of aromatic nitrogens is 3. The van der Waals surface area contributed by atoms with Gasteiger partial charge in [0.25, 0.3) is 5.91 Å². The average molecular weight is 675 g/mol. The number of nitrogens with one attached hydrogen (secondary N) is 1. The van der Waals surface area contributed by atoms with Gasteiger partial charge in [0.2, 0.25) is 5.95 Å². The molecule has 246 valence electrons. The van der Waals surface area contributed by atoms with E-state index in [9.17, 15) is 31.1 Å². The van der Waals surface area contributed by atoms with Crippen LogP contribution in [0.4, 0.5) is 43.8 Å². The summed E-state index contributed by atoms with van der Waals surface area (Å²) < 4.78 is 65.5. The first-order valence-corrected chi connectivity index (χ1v) is 13.4. The van der Waals surface area contributed by atoms with Crippen LogP contribution in [0.2, 0.25) is 5.02 Å². The molecular formula is C28H25ClF6N6O5. The molecule has 3 N–H and O–H groups in total. The number of aliphatic carboxylic acids is 2. The third kappa shape index (κ3) is 9.72. The van der Waals surface area contributed by atoms with Crippen LogP contribution in [0.15, 0.2) is 67.1 Å². The number of benzene rings is 1. The van der Waals surface area contributed by atoms with Gasteiger partial charge in [-0.3, -0.25) is 4.79 Å². The van der Waals surface area contributed by atoms with E-state index >= 15 is 0 Å². The van der Waals surface area contributed by atoms with Crippen molar-refractivity contribution >= 4 is 52.4 Å². The number of alkyl halides is 6. The third-order valence-electron chi connectivity index (χ3n) is 6.25. The van der Waals surface area contributed by atoms with E-state index in [1.165, 1.54) is 0 Å². The Balaban J connectivity index is 0.000000345. The number of carboxylic acid groups (broad SMARTS) is 2. The highest BCUT2D eigenvalue weighted by molar-refractivity contribution is 6.31. The largest absolute Gasteiger partial charge is 0.490 e. The zero-order valence-corrected chi connectivity index (χ0v) is 24.4. The van der Waals surface area contributed by atoms with Gasteiger partial charge in [-0.25, -0.2) is 19.6 Å². The van der Waals surface area contributed by atoms with Gasteiger partial charge < -0.3 is 29.7 Å². The van der Waals surface area contributed by atoms with Gasteiger partial charge in [0.05, 0.1) is 5.56 Å². The van der Waals surface area contributed by atoms with Gasteiger partial charge in [0, 0.05) is 61.0 Å². The highest BCUT2D eigenvalue weighted by atomic mass is 35.5. The number of aryl methyl sites for hydroxylation is 1. The van der Waals surface area contributed by atoms with Gasteiger partial charge in [-0.15, -0.1) is 0 Å².